The number of rotatable bonds is 5. The van der Waals surface area contributed by atoms with Crippen molar-refractivity contribution >= 4 is 23.2 Å². The molecule has 0 amide bonds. The number of nitrogens with one attached hydrogen (secondary N) is 1. The fourth-order valence-corrected chi connectivity index (χ4v) is 2.46. The van der Waals surface area contributed by atoms with E-state index in [1.807, 2.05) is 30.3 Å². The predicted octanol–water partition coefficient (Wildman–Crippen LogP) is 5.22. The van der Waals surface area contributed by atoms with Crippen LogP contribution in [-0.2, 0) is 0 Å². The summed E-state index contributed by atoms with van der Waals surface area (Å²) in [6.45, 7) is 2.90. The van der Waals surface area contributed by atoms with Crippen molar-refractivity contribution in [3.05, 3.63) is 69.5 Å². The molecule has 0 fully saturated rings. The normalized spacial score (nSPS) is 12.4. The van der Waals surface area contributed by atoms with Gasteiger partial charge in [0.15, 0.2) is 0 Å². The minimum absolute atomic E-state index is 0.143. The molecule has 1 N–H and O–H groups in total. The van der Waals surface area contributed by atoms with E-state index in [9.17, 15) is 4.39 Å². The molecule has 2 aromatic rings. The molecule has 20 heavy (non-hydrogen) atoms. The second-order valence-corrected chi connectivity index (χ2v) is 5.40. The van der Waals surface area contributed by atoms with Gasteiger partial charge in [0.2, 0.25) is 0 Å². The number of benzene rings is 2. The molecule has 0 aliphatic carbocycles. The molecule has 1 atom stereocenters. The fraction of sp³-hybridized carbons (Fsp3) is 0.250. The largest absolute Gasteiger partial charge is 0.306 e. The van der Waals surface area contributed by atoms with Gasteiger partial charge in [-0.05, 0) is 42.3 Å². The van der Waals surface area contributed by atoms with E-state index < -0.39 is 5.82 Å². The minimum atomic E-state index is -0.401. The van der Waals surface area contributed by atoms with E-state index in [-0.39, 0.29) is 11.1 Å². The molecule has 0 saturated carbocycles. The number of hydrogen-bond donors (Lipinski definition) is 1. The van der Waals surface area contributed by atoms with E-state index in [0.29, 0.717) is 5.02 Å². The molecule has 2 rings (SSSR count). The van der Waals surface area contributed by atoms with Gasteiger partial charge in [0.1, 0.15) is 5.82 Å². The molecule has 2 aromatic carbocycles. The molecule has 1 nitrogen and oxygen atoms in total. The standard InChI is InChI=1S/C16H16Cl2FN/c1-2-10-20-16(11-6-8-12(17)9-7-11)13-4-3-5-14(19)15(13)18/h3-9,16,20H,2,10H2,1H3. The molecule has 4 heteroatoms. The van der Waals surface area contributed by atoms with Crippen molar-refractivity contribution in [1.82, 2.24) is 5.32 Å². The maximum Gasteiger partial charge on any atom is 0.142 e. The Morgan fingerprint density at radius 1 is 1.10 bits per heavy atom. The highest BCUT2D eigenvalue weighted by Crippen LogP contribution is 2.30. The molecule has 106 valence electrons. The first-order valence-electron chi connectivity index (χ1n) is 6.56. The summed E-state index contributed by atoms with van der Waals surface area (Å²) in [5.41, 5.74) is 1.75. The highest BCUT2D eigenvalue weighted by Gasteiger charge is 2.18. The van der Waals surface area contributed by atoms with Crippen molar-refractivity contribution in [2.75, 3.05) is 6.54 Å². The van der Waals surface area contributed by atoms with Gasteiger partial charge < -0.3 is 5.32 Å². The molecule has 0 bridgehead atoms. The van der Waals surface area contributed by atoms with Gasteiger partial charge in [0.25, 0.3) is 0 Å². The van der Waals surface area contributed by atoms with E-state index in [0.717, 1.165) is 24.1 Å². The fourth-order valence-electron chi connectivity index (χ4n) is 2.09. The summed E-state index contributed by atoms with van der Waals surface area (Å²) in [5, 5.41) is 4.23. The maximum absolute atomic E-state index is 13.7. The smallest absolute Gasteiger partial charge is 0.142 e. The van der Waals surface area contributed by atoms with E-state index in [1.54, 1.807) is 6.07 Å². The molecule has 0 saturated heterocycles. The van der Waals surface area contributed by atoms with Crippen LogP contribution in [0.25, 0.3) is 0 Å². The van der Waals surface area contributed by atoms with Crippen molar-refractivity contribution < 1.29 is 4.39 Å². The van der Waals surface area contributed by atoms with Crippen molar-refractivity contribution in [2.45, 2.75) is 19.4 Å². The summed E-state index contributed by atoms with van der Waals surface area (Å²) < 4.78 is 13.7. The van der Waals surface area contributed by atoms with Gasteiger partial charge in [-0.1, -0.05) is 54.4 Å². The molecule has 0 aliphatic rings. The molecule has 0 spiro atoms. The van der Waals surface area contributed by atoms with Crippen molar-refractivity contribution in [1.29, 1.82) is 0 Å². The summed E-state index contributed by atoms with van der Waals surface area (Å²) in [6, 6.07) is 12.2. The van der Waals surface area contributed by atoms with Crippen LogP contribution >= 0.6 is 23.2 Å². The first-order chi connectivity index (χ1) is 9.63. The second-order valence-electron chi connectivity index (χ2n) is 4.58. The van der Waals surface area contributed by atoms with E-state index in [1.165, 1.54) is 6.07 Å². The lowest BCUT2D eigenvalue weighted by Gasteiger charge is -2.21. The zero-order valence-electron chi connectivity index (χ0n) is 11.2. The molecular formula is C16H16Cl2FN. The van der Waals surface area contributed by atoms with Crippen LogP contribution in [0.5, 0.6) is 0 Å². The van der Waals surface area contributed by atoms with E-state index in [2.05, 4.69) is 12.2 Å². The Labute approximate surface area is 128 Å². The third-order valence-electron chi connectivity index (χ3n) is 3.09. The quantitative estimate of drug-likeness (QED) is 0.798. The highest BCUT2D eigenvalue weighted by molar-refractivity contribution is 6.31. The Balaban J connectivity index is 2.41. The number of halogens is 3. The highest BCUT2D eigenvalue weighted by atomic mass is 35.5. The lowest BCUT2D eigenvalue weighted by molar-refractivity contribution is 0.586. The van der Waals surface area contributed by atoms with Crippen LogP contribution in [0, 0.1) is 5.82 Å². The Morgan fingerprint density at radius 2 is 1.80 bits per heavy atom. The monoisotopic (exact) mass is 311 g/mol. The maximum atomic E-state index is 13.7. The van der Waals surface area contributed by atoms with Crippen LogP contribution in [0.3, 0.4) is 0 Å². The van der Waals surface area contributed by atoms with Gasteiger partial charge in [0.05, 0.1) is 11.1 Å². The van der Waals surface area contributed by atoms with Crippen LogP contribution in [0.4, 0.5) is 4.39 Å². The number of hydrogen-bond acceptors (Lipinski definition) is 1. The summed E-state index contributed by atoms with van der Waals surface area (Å²) >= 11 is 12.0. The Bertz CT molecular complexity index is 569. The molecule has 1 unspecified atom stereocenters. The van der Waals surface area contributed by atoms with Gasteiger partial charge in [-0.15, -0.1) is 0 Å². The van der Waals surface area contributed by atoms with Crippen LogP contribution in [0.15, 0.2) is 42.5 Å². The SMILES string of the molecule is CCCNC(c1ccc(Cl)cc1)c1cccc(F)c1Cl. The minimum Gasteiger partial charge on any atom is -0.306 e. The lowest BCUT2D eigenvalue weighted by atomic mass is 9.98. The summed E-state index contributed by atoms with van der Waals surface area (Å²) in [5.74, 6) is -0.401. The molecule has 0 radical (unpaired) electrons. The Kier molecular flexibility index (Phi) is 5.41. The molecule has 0 aliphatic heterocycles. The average Bonchev–Trinajstić information content (AvgIpc) is 2.45. The molecule has 0 aromatic heterocycles. The van der Waals surface area contributed by atoms with Crippen LogP contribution in [0.2, 0.25) is 10.0 Å². The average molecular weight is 312 g/mol. The van der Waals surface area contributed by atoms with Crippen molar-refractivity contribution in [3.8, 4) is 0 Å². The zero-order valence-corrected chi connectivity index (χ0v) is 12.7. The van der Waals surface area contributed by atoms with E-state index >= 15 is 0 Å². The second kappa shape index (κ2) is 7.07. The molecule has 0 heterocycles. The zero-order chi connectivity index (χ0) is 14.5. The van der Waals surface area contributed by atoms with Gasteiger partial charge in [-0.2, -0.15) is 0 Å². The van der Waals surface area contributed by atoms with Crippen LogP contribution in [0.1, 0.15) is 30.5 Å². The third-order valence-corrected chi connectivity index (χ3v) is 3.75. The Morgan fingerprint density at radius 3 is 2.45 bits per heavy atom. The lowest BCUT2D eigenvalue weighted by Crippen LogP contribution is -2.23. The topological polar surface area (TPSA) is 12.0 Å². The van der Waals surface area contributed by atoms with E-state index in [4.69, 9.17) is 23.2 Å². The van der Waals surface area contributed by atoms with Gasteiger partial charge in [-0.25, -0.2) is 4.39 Å². The summed E-state index contributed by atoms with van der Waals surface area (Å²) in [6.07, 6.45) is 0.983. The first-order valence-corrected chi connectivity index (χ1v) is 7.31. The van der Waals surface area contributed by atoms with Gasteiger partial charge in [-0.3, -0.25) is 0 Å². The predicted molar refractivity (Wildman–Crippen MR) is 83.0 cm³/mol. The first kappa shape index (κ1) is 15.3. The third kappa shape index (κ3) is 3.51. The Hall–Kier alpha value is -1.09. The van der Waals surface area contributed by atoms with Gasteiger partial charge >= 0.3 is 0 Å². The van der Waals surface area contributed by atoms with Crippen LogP contribution in [-0.4, -0.2) is 6.54 Å². The summed E-state index contributed by atoms with van der Waals surface area (Å²) in [4.78, 5) is 0. The summed E-state index contributed by atoms with van der Waals surface area (Å²) in [7, 11) is 0. The van der Waals surface area contributed by atoms with Crippen molar-refractivity contribution in [2.24, 2.45) is 0 Å². The van der Waals surface area contributed by atoms with Crippen molar-refractivity contribution in [3.63, 3.8) is 0 Å². The van der Waals surface area contributed by atoms with Gasteiger partial charge in [0, 0.05) is 5.02 Å². The van der Waals surface area contributed by atoms with Crippen LogP contribution < -0.4 is 5.32 Å². The molecular weight excluding hydrogens is 296 g/mol.